The summed E-state index contributed by atoms with van der Waals surface area (Å²) in [6.07, 6.45) is 3.92. The van der Waals surface area contributed by atoms with E-state index in [0.29, 0.717) is 12.0 Å². The van der Waals surface area contributed by atoms with Crippen LogP contribution in [0.4, 0.5) is 0 Å². The molecular formula is C8H13NO. The molecule has 0 radical (unpaired) electrons. The summed E-state index contributed by atoms with van der Waals surface area (Å²) < 4.78 is 0. The van der Waals surface area contributed by atoms with Gasteiger partial charge in [0, 0.05) is 0 Å². The van der Waals surface area contributed by atoms with Gasteiger partial charge in [0.25, 0.3) is 0 Å². The van der Waals surface area contributed by atoms with Crippen LogP contribution in [0.3, 0.4) is 0 Å². The van der Waals surface area contributed by atoms with Gasteiger partial charge in [0.1, 0.15) is 0 Å². The predicted molar refractivity (Wildman–Crippen MR) is 39.5 cm³/mol. The van der Waals surface area contributed by atoms with Gasteiger partial charge >= 0.3 is 0 Å². The Bertz CT molecular complexity index is 159. The van der Waals surface area contributed by atoms with Crippen molar-refractivity contribution in [2.45, 2.75) is 32.7 Å². The van der Waals surface area contributed by atoms with E-state index in [0.717, 1.165) is 12.3 Å². The third kappa shape index (κ3) is 1.96. The van der Waals surface area contributed by atoms with Crippen molar-refractivity contribution in [1.29, 1.82) is 0 Å². The van der Waals surface area contributed by atoms with E-state index in [4.69, 9.17) is 0 Å². The van der Waals surface area contributed by atoms with Crippen molar-refractivity contribution < 1.29 is 4.79 Å². The standard InChI is InChI=1S/C8H13NO/c1-6(2)3-7-4-8(7)9-5-10/h6-8H,3-4H2,1-2H3. The molecule has 1 aliphatic rings. The second-order valence-corrected chi connectivity index (χ2v) is 3.41. The van der Waals surface area contributed by atoms with Crippen molar-refractivity contribution >= 4 is 6.08 Å². The fourth-order valence-electron chi connectivity index (χ4n) is 1.32. The Morgan fingerprint density at radius 2 is 2.40 bits per heavy atom. The lowest BCUT2D eigenvalue weighted by Crippen LogP contribution is -1.91. The van der Waals surface area contributed by atoms with Crippen LogP contribution < -0.4 is 0 Å². The van der Waals surface area contributed by atoms with Crippen molar-refractivity contribution in [2.75, 3.05) is 0 Å². The molecule has 0 aromatic heterocycles. The Morgan fingerprint density at radius 3 is 2.90 bits per heavy atom. The van der Waals surface area contributed by atoms with Crippen molar-refractivity contribution in [3.8, 4) is 0 Å². The minimum atomic E-state index is 0.319. The summed E-state index contributed by atoms with van der Waals surface area (Å²) in [4.78, 5) is 13.5. The molecule has 0 N–H and O–H groups in total. The van der Waals surface area contributed by atoms with E-state index in [9.17, 15) is 4.79 Å². The molecule has 0 bridgehead atoms. The maximum Gasteiger partial charge on any atom is 0.235 e. The van der Waals surface area contributed by atoms with Crippen LogP contribution in [0.15, 0.2) is 4.99 Å². The van der Waals surface area contributed by atoms with Crippen LogP contribution in [0.1, 0.15) is 26.7 Å². The Labute approximate surface area is 61.3 Å². The normalized spacial score (nSPS) is 29.9. The van der Waals surface area contributed by atoms with Gasteiger partial charge in [-0.15, -0.1) is 0 Å². The molecule has 0 heterocycles. The van der Waals surface area contributed by atoms with E-state index < -0.39 is 0 Å². The fourth-order valence-corrected chi connectivity index (χ4v) is 1.32. The lowest BCUT2D eigenvalue weighted by Gasteiger charge is -1.99. The Morgan fingerprint density at radius 1 is 1.70 bits per heavy atom. The van der Waals surface area contributed by atoms with Crippen LogP contribution >= 0.6 is 0 Å². The maximum absolute atomic E-state index is 9.79. The summed E-state index contributed by atoms with van der Waals surface area (Å²) in [5, 5.41) is 0. The van der Waals surface area contributed by atoms with Gasteiger partial charge in [-0.1, -0.05) is 13.8 Å². The van der Waals surface area contributed by atoms with Gasteiger partial charge in [-0.25, -0.2) is 9.79 Å². The van der Waals surface area contributed by atoms with E-state index in [1.165, 1.54) is 6.42 Å². The number of rotatable bonds is 3. The number of isocyanates is 1. The van der Waals surface area contributed by atoms with Crippen LogP contribution in [0.5, 0.6) is 0 Å². The highest BCUT2D eigenvalue weighted by molar-refractivity contribution is 5.34. The summed E-state index contributed by atoms with van der Waals surface area (Å²) >= 11 is 0. The van der Waals surface area contributed by atoms with Gasteiger partial charge in [-0.05, 0) is 24.7 Å². The van der Waals surface area contributed by atoms with E-state index in [2.05, 4.69) is 18.8 Å². The van der Waals surface area contributed by atoms with Gasteiger partial charge in [-0.3, -0.25) is 0 Å². The molecule has 2 heteroatoms. The Kier molecular flexibility index (Phi) is 2.23. The first-order chi connectivity index (χ1) is 4.74. The number of aliphatic imine (C=N–C) groups is 1. The number of nitrogens with zero attached hydrogens (tertiary/aromatic N) is 1. The Balaban J connectivity index is 2.19. The largest absolute Gasteiger partial charge is 0.235 e. The lowest BCUT2D eigenvalue weighted by atomic mass is 10.1. The van der Waals surface area contributed by atoms with Gasteiger partial charge in [-0.2, -0.15) is 0 Å². The van der Waals surface area contributed by atoms with Crippen LogP contribution in [0.25, 0.3) is 0 Å². The topological polar surface area (TPSA) is 29.4 Å². The molecule has 10 heavy (non-hydrogen) atoms. The van der Waals surface area contributed by atoms with Crippen LogP contribution in [0.2, 0.25) is 0 Å². The van der Waals surface area contributed by atoms with Crippen LogP contribution in [-0.4, -0.2) is 12.1 Å². The van der Waals surface area contributed by atoms with Crippen molar-refractivity contribution in [2.24, 2.45) is 16.8 Å². The van der Waals surface area contributed by atoms with E-state index in [1.54, 1.807) is 6.08 Å². The molecule has 0 saturated heterocycles. The molecule has 0 spiro atoms. The first-order valence-electron chi connectivity index (χ1n) is 3.81. The average molecular weight is 139 g/mol. The smallest absolute Gasteiger partial charge is 0.211 e. The first kappa shape index (κ1) is 7.49. The van der Waals surface area contributed by atoms with E-state index in [-0.39, 0.29) is 0 Å². The highest BCUT2D eigenvalue weighted by Gasteiger charge is 2.36. The third-order valence-electron chi connectivity index (χ3n) is 1.88. The Hall–Kier alpha value is -0.620. The van der Waals surface area contributed by atoms with Crippen LogP contribution in [0, 0.1) is 11.8 Å². The first-order valence-corrected chi connectivity index (χ1v) is 3.81. The minimum absolute atomic E-state index is 0.319. The van der Waals surface area contributed by atoms with Crippen molar-refractivity contribution in [3.63, 3.8) is 0 Å². The van der Waals surface area contributed by atoms with E-state index >= 15 is 0 Å². The highest BCUT2D eigenvalue weighted by Crippen LogP contribution is 2.38. The summed E-state index contributed by atoms with van der Waals surface area (Å²) in [5.74, 6) is 1.42. The molecular weight excluding hydrogens is 126 g/mol. The molecule has 0 amide bonds. The second kappa shape index (κ2) is 2.98. The summed E-state index contributed by atoms with van der Waals surface area (Å²) in [5.41, 5.74) is 0. The molecule has 1 fully saturated rings. The minimum Gasteiger partial charge on any atom is -0.211 e. The molecule has 1 rings (SSSR count). The second-order valence-electron chi connectivity index (χ2n) is 3.41. The fraction of sp³-hybridized carbons (Fsp3) is 0.875. The maximum atomic E-state index is 9.79. The quantitative estimate of drug-likeness (QED) is 0.432. The van der Waals surface area contributed by atoms with E-state index in [1.807, 2.05) is 0 Å². The monoisotopic (exact) mass is 139 g/mol. The zero-order chi connectivity index (χ0) is 7.56. The summed E-state index contributed by atoms with van der Waals surface area (Å²) in [7, 11) is 0. The van der Waals surface area contributed by atoms with Gasteiger partial charge in [0.15, 0.2) is 0 Å². The average Bonchev–Trinajstić information content (AvgIpc) is 2.47. The highest BCUT2D eigenvalue weighted by atomic mass is 16.1. The molecule has 56 valence electrons. The zero-order valence-electron chi connectivity index (χ0n) is 6.50. The van der Waals surface area contributed by atoms with Crippen LogP contribution in [-0.2, 0) is 4.79 Å². The SMILES string of the molecule is CC(C)CC1CC1N=C=O. The molecule has 0 aliphatic heterocycles. The van der Waals surface area contributed by atoms with Crippen molar-refractivity contribution in [1.82, 2.24) is 0 Å². The molecule has 2 unspecified atom stereocenters. The zero-order valence-corrected chi connectivity index (χ0v) is 6.50. The molecule has 2 atom stereocenters. The lowest BCUT2D eigenvalue weighted by molar-refractivity contribution is 0.528. The number of hydrogen-bond donors (Lipinski definition) is 0. The van der Waals surface area contributed by atoms with Gasteiger partial charge in [0.2, 0.25) is 6.08 Å². The van der Waals surface area contributed by atoms with Crippen molar-refractivity contribution in [3.05, 3.63) is 0 Å². The predicted octanol–water partition coefficient (Wildman–Crippen LogP) is 1.76. The molecule has 2 nitrogen and oxygen atoms in total. The number of carbonyl (C=O) groups excluding carboxylic acids is 1. The molecule has 1 aliphatic carbocycles. The van der Waals surface area contributed by atoms with Gasteiger partial charge in [0.05, 0.1) is 6.04 Å². The molecule has 0 aromatic rings. The summed E-state index contributed by atoms with van der Waals surface area (Å²) in [6.45, 7) is 4.39. The number of hydrogen-bond acceptors (Lipinski definition) is 2. The van der Waals surface area contributed by atoms with Gasteiger partial charge < -0.3 is 0 Å². The molecule has 1 saturated carbocycles. The third-order valence-corrected chi connectivity index (χ3v) is 1.88. The summed E-state index contributed by atoms with van der Waals surface area (Å²) in [6, 6.07) is 0.319. The molecule has 0 aromatic carbocycles.